The van der Waals surface area contributed by atoms with E-state index >= 15 is 0 Å². The molecule has 1 amide bonds. The highest BCUT2D eigenvalue weighted by molar-refractivity contribution is 5.94. The monoisotopic (exact) mass is 289 g/mol. The van der Waals surface area contributed by atoms with E-state index < -0.39 is 12.1 Å². The number of carbonyl (C=O) groups excluding carboxylic acids is 1. The fraction of sp³-hybridized carbons (Fsp3) is 0.500. The van der Waals surface area contributed by atoms with Crippen molar-refractivity contribution in [2.24, 2.45) is 0 Å². The third-order valence-corrected chi connectivity index (χ3v) is 4.23. The van der Waals surface area contributed by atoms with Crippen molar-refractivity contribution in [3.8, 4) is 0 Å². The van der Waals surface area contributed by atoms with E-state index in [2.05, 4.69) is 5.32 Å². The van der Waals surface area contributed by atoms with Crippen molar-refractivity contribution in [3.63, 3.8) is 0 Å². The number of carboxylic acids is 1. The molecule has 5 nitrogen and oxygen atoms in total. The molecule has 2 N–H and O–H groups in total. The molecule has 2 unspecified atom stereocenters. The molecule has 0 saturated carbocycles. The maximum Gasteiger partial charge on any atom is 0.332 e. The molecule has 5 heteroatoms. The molecule has 2 aliphatic rings. The van der Waals surface area contributed by atoms with Crippen LogP contribution in [0.1, 0.15) is 40.7 Å². The summed E-state index contributed by atoms with van der Waals surface area (Å²) in [5.41, 5.74) is 3.28. The number of benzene rings is 1. The molecule has 1 aliphatic heterocycles. The Morgan fingerprint density at radius 3 is 2.81 bits per heavy atom. The third kappa shape index (κ3) is 3.08. The Balaban J connectivity index is 1.54. The summed E-state index contributed by atoms with van der Waals surface area (Å²) < 4.78 is 5.37. The zero-order valence-corrected chi connectivity index (χ0v) is 11.8. The van der Waals surface area contributed by atoms with Crippen molar-refractivity contribution in [3.05, 3.63) is 34.9 Å². The van der Waals surface area contributed by atoms with Crippen LogP contribution in [0.5, 0.6) is 0 Å². The summed E-state index contributed by atoms with van der Waals surface area (Å²) in [5.74, 6) is -1.05. The Hall–Kier alpha value is -1.88. The van der Waals surface area contributed by atoms with Crippen LogP contribution in [0.4, 0.5) is 0 Å². The molecule has 2 atom stereocenters. The quantitative estimate of drug-likeness (QED) is 0.881. The molecule has 0 aromatic heterocycles. The van der Waals surface area contributed by atoms with E-state index in [1.807, 2.05) is 18.2 Å². The maximum atomic E-state index is 12.1. The first-order valence-corrected chi connectivity index (χ1v) is 7.42. The van der Waals surface area contributed by atoms with E-state index in [1.54, 1.807) is 0 Å². The van der Waals surface area contributed by atoms with Crippen molar-refractivity contribution < 1.29 is 19.4 Å². The van der Waals surface area contributed by atoms with Crippen LogP contribution in [0.15, 0.2) is 18.2 Å². The zero-order valence-electron chi connectivity index (χ0n) is 11.8. The lowest BCUT2D eigenvalue weighted by molar-refractivity contribution is -0.149. The summed E-state index contributed by atoms with van der Waals surface area (Å²) in [7, 11) is 0. The van der Waals surface area contributed by atoms with Gasteiger partial charge in [0.1, 0.15) is 0 Å². The molecule has 0 spiro atoms. The van der Waals surface area contributed by atoms with Gasteiger partial charge in [0.2, 0.25) is 0 Å². The number of fused-ring (bicyclic) bond motifs is 1. The van der Waals surface area contributed by atoms with Crippen LogP contribution in [-0.4, -0.2) is 35.7 Å². The molecule has 3 rings (SSSR count). The third-order valence-electron chi connectivity index (χ3n) is 4.23. The molecule has 112 valence electrons. The highest BCUT2D eigenvalue weighted by Gasteiger charge is 2.30. The summed E-state index contributed by atoms with van der Waals surface area (Å²) in [4.78, 5) is 22.9. The van der Waals surface area contributed by atoms with E-state index in [4.69, 9.17) is 9.84 Å². The summed E-state index contributed by atoms with van der Waals surface area (Å²) in [6.07, 6.45) is 3.55. The van der Waals surface area contributed by atoms with Gasteiger partial charge in [-0.15, -0.1) is 0 Å². The SMILES string of the molecule is O=C(NCC1CCC(C(=O)O)O1)c1ccc2c(c1)CCC2. The fourth-order valence-electron chi connectivity index (χ4n) is 3.06. The van der Waals surface area contributed by atoms with Crippen LogP contribution in [0.25, 0.3) is 0 Å². The van der Waals surface area contributed by atoms with E-state index in [1.165, 1.54) is 11.1 Å². The molecule has 1 fully saturated rings. The largest absolute Gasteiger partial charge is 0.479 e. The van der Waals surface area contributed by atoms with Crippen molar-refractivity contribution in [2.75, 3.05) is 6.54 Å². The fourth-order valence-corrected chi connectivity index (χ4v) is 3.06. The van der Waals surface area contributed by atoms with Gasteiger partial charge in [-0.25, -0.2) is 4.79 Å². The van der Waals surface area contributed by atoms with Gasteiger partial charge in [0.15, 0.2) is 6.10 Å². The minimum Gasteiger partial charge on any atom is -0.479 e. The van der Waals surface area contributed by atoms with Crippen molar-refractivity contribution >= 4 is 11.9 Å². The van der Waals surface area contributed by atoms with Crippen LogP contribution in [0.2, 0.25) is 0 Å². The lowest BCUT2D eigenvalue weighted by Crippen LogP contribution is -2.33. The van der Waals surface area contributed by atoms with Crippen molar-refractivity contribution in [2.45, 2.75) is 44.3 Å². The second kappa shape index (κ2) is 5.85. The van der Waals surface area contributed by atoms with Crippen LogP contribution in [0, 0.1) is 0 Å². The first-order valence-electron chi connectivity index (χ1n) is 7.42. The average Bonchev–Trinajstić information content (AvgIpc) is 3.12. The Morgan fingerprint density at radius 1 is 1.24 bits per heavy atom. The van der Waals surface area contributed by atoms with Gasteiger partial charge < -0.3 is 15.2 Å². The van der Waals surface area contributed by atoms with E-state index in [0.29, 0.717) is 24.9 Å². The predicted molar refractivity (Wildman–Crippen MR) is 76.3 cm³/mol. The molecular formula is C16H19NO4. The summed E-state index contributed by atoms with van der Waals surface area (Å²) in [6.45, 7) is 0.361. The molecule has 1 aromatic rings. The number of amides is 1. The standard InChI is InChI=1S/C16H19NO4/c18-15(12-5-4-10-2-1-3-11(10)8-12)17-9-13-6-7-14(21-13)16(19)20/h4-5,8,13-14H,1-3,6-7,9H2,(H,17,18)(H,19,20). The molecular weight excluding hydrogens is 270 g/mol. The van der Waals surface area contributed by atoms with E-state index in [-0.39, 0.29) is 12.0 Å². The molecule has 0 bridgehead atoms. The van der Waals surface area contributed by atoms with Crippen LogP contribution in [0.3, 0.4) is 0 Å². The van der Waals surface area contributed by atoms with Crippen LogP contribution >= 0.6 is 0 Å². The number of hydrogen-bond donors (Lipinski definition) is 2. The summed E-state index contributed by atoms with van der Waals surface area (Å²) >= 11 is 0. The van der Waals surface area contributed by atoms with Gasteiger partial charge in [-0.05, 0) is 55.4 Å². The molecule has 21 heavy (non-hydrogen) atoms. The highest BCUT2D eigenvalue weighted by Crippen LogP contribution is 2.23. The lowest BCUT2D eigenvalue weighted by atomic mass is 10.1. The van der Waals surface area contributed by atoms with Gasteiger partial charge in [-0.1, -0.05) is 6.07 Å². The molecule has 0 radical (unpaired) electrons. The first kappa shape index (κ1) is 14.1. The Labute approximate surface area is 123 Å². The van der Waals surface area contributed by atoms with E-state index in [0.717, 1.165) is 19.3 Å². The maximum absolute atomic E-state index is 12.1. The number of ether oxygens (including phenoxy) is 1. The topological polar surface area (TPSA) is 75.6 Å². The molecule has 1 saturated heterocycles. The number of aliphatic carboxylic acids is 1. The lowest BCUT2D eigenvalue weighted by Gasteiger charge is -2.12. The smallest absolute Gasteiger partial charge is 0.332 e. The molecule has 1 heterocycles. The number of nitrogens with one attached hydrogen (secondary N) is 1. The number of carbonyl (C=O) groups is 2. The van der Waals surface area contributed by atoms with Gasteiger partial charge >= 0.3 is 5.97 Å². The zero-order chi connectivity index (χ0) is 14.8. The van der Waals surface area contributed by atoms with Gasteiger partial charge in [0, 0.05) is 12.1 Å². The van der Waals surface area contributed by atoms with Crippen LogP contribution in [-0.2, 0) is 22.4 Å². The number of rotatable bonds is 4. The van der Waals surface area contributed by atoms with Gasteiger partial charge in [0.05, 0.1) is 6.10 Å². The van der Waals surface area contributed by atoms with Crippen LogP contribution < -0.4 is 5.32 Å². The minimum absolute atomic E-state index is 0.118. The van der Waals surface area contributed by atoms with Gasteiger partial charge in [-0.2, -0.15) is 0 Å². The predicted octanol–water partition coefficient (Wildman–Crippen LogP) is 1.54. The van der Waals surface area contributed by atoms with Crippen molar-refractivity contribution in [1.82, 2.24) is 5.32 Å². The number of aryl methyl sites for hydroxylation is 2. The second-order valence-corrected chi connectivity index (χ2v) is 5.71. The van der Waals surface area contributed by atoms with E-state index in [9.17, 15) is 9.59 Å². The number of carboxylic acid groups (broad SMARTS) is 1. The van der Waals surface area contributed by atoms with Gasteiger partial charge in [-0.3, -0.25) is 4.79 Å². The molecule has 1 aromatic carbocycles. The highest BCUT2D eigenvalue weighted by atomic mass is 16.5. The second-order valence-electron chi connectivity index (χ2n) is 5.71. The average molecular weight is 289 g/mol. The van der Waals surface area contributed by atoms with Gasteiger partial charge in [0.25, 0.3) is 5.91 Å². The first-order chi connectivity index (χ1) is 10.1. The van der Waals surface area contributed by atoms with Crippen molar-refractivity contribution in [1.29, 1.82) is 0 Å². The Morgan fingerprint density at radius 2 is 2.05 bits per heavy atom. The Bertz CT molecular complexity index is 569. The minimum atomic E-state index is -0.928. The Kier molecular flexibility index (Phi) is 3.92. The number of hydrogen-bond acceptors (Lipinski definition) is 3. The summed E-state index contributed by atoms with van der Waals surface area (Å²) in [5, 5.41) is 11.7. The molecule has 1 aliphatic carbocycles. The summed E-state index contributed by atoms with van der Waals surface area (Å²) in [6, 6.07) is 5.85. The normalized spacial score (nSPS) is 23.8.